The second-order valence-corrected chi connectivity index (χ2v) is 6.83. The molecule has 0 bridgehead atoms. The van der Waals surface area contributed by atoms with Crippen molar-refractivity contribution in [3.05, 3.63) is 12.2 Å². The molecular weight excluding hydrogens is 288 g/mol. The molecule has 1 heterocycles. The van der Waals surface area contributed by atoms with E-state index in [1.165, 1.54) is 83.1 Å². The number of ether oxygens (including phenoxy) is 1. The Labute approximate surface area is 142 Å². The van der Waals surface area contributed by atoms with E-state index in [0.29, 0.717) is 12.2 Å². The Bertz CT molecular complexity index is 325. The summed E-state index contributed by atoms with van der Waals surface area (Å²) in [5.41, 5.74) is 0. The van der Waals surface area contributed by atoms with Gasteiger partial charge in [0.1, 0.15) is 0 Å². The SMILES string of the molecule is CCC1O[C@@H]1CCCCCCCCCCCCCC=CC(=O)O. The van der Waals surface area contributed by atoms with Crippen LogP contribution in [0.3, 0.4) is 0 Å². The molecule has 134 valence electrons. The maximum atomic E-state index is 10.3. The topological polar surface area (TPSA) is 49.8 Å². The lowest BCUT2D eigenvalue weighted by Gasteiger charge is -2.02. The summed E-state index contributed by atoms with van der Waals surface area (Å²) in [6.45, 7) is 2.21. The van der Waals surface area contributed by atoms with Gasteiger partial charge in [-0.2, -0.15) is 0 Å². The molecule has 1 saturated heterocycles. The molecule has 0 aliphatic carbocycles. The van der Waals surface area contributed by atoms with E-state index < -0.39 is 5.97 Å². The summed E-state index contributed by atoms with van der Waals surface area (Å²) in [4.78, 5) is 10.3. The maximum Gasteiger partial charge on any atom is 0.327 e. The molecule has 0 amide bonds. The first-order chi connectivity index (χ1) is 11.2. The van der Waals surface area contributed by atoms with Crippen molar-refractivity contribution in [1.29, 1.82) is 0 Å². The van der Waals surface area contributed by atoms with Crippen LogP contribution in [0, 0.1) is 0 Å². The summed E-state index contributed by atoms with van der Waals surface area (Å²) in [5, 5.41) is 8.46. The normalized spacial score (nSPS) is 20.2. The number of rotatable bonds is 16. The minimum Gasteiger partial charge on any atom is -0.478 e. The molecule has 0 radical (unpaired) electrons. The second-order valence-electron chi connectivity index (χ2n) is 6.83. The molecule has 0 aromatic carbocycles. The van der Waals surface area contributed by atoms with Crippen molar-refractivity contribution in [2.45, 2.75) is 109 Å². The maximum absolute atomic E-state index is 10.3. The van der Waals surface area contributed by atoms with Crippen LogP contribution >= 0.6 is 0 Å². The largest absolute Gasteiger partial charge is 0.478 e. The zero-order chi connectivity index (χ0) is 16.8. The van der Waals surface area contributed by atoms with Gasteiger partial charge in [-0.05, 0) is 25.7 Å². The van der Waals surface area contributed by atoms with Gasteiger partial charge in [-0.15, -0.1) is 0 Å². The van der Waals surface area contributed by atoms with Crippen molar-refractivity contribution in [2.24, 2.45) is 0 Å². The molecule has 1 fully saturated rings. The van der Waals surface area contributed by atoms with Crippen LogP contribution < -0.4 is 0 Å². The standard InChI is InChI=1S/C20H36O3/c1-2-18-19(23-18)16-14-12-10-8-6-4-3-5-7-9-11-13-15-17-20(21)22/h15,17-19H,2-14,16H2,1H3,(H,21,22)/t18?,19-/m1/s1. The molecule has 0 aromatic rings. The van der Waals surface area contributed by atoms with Crippen molar-refractivity contribution >= 4 is 5.97 Å². The van der Waals surface area contributed by atoms with Crippen LogP contribution in [0.2, 0.25) is 0 Å². The highest BCUT2D eigenvalue weighted by Crippen LogP contribution is 2.29. The Hall–Kier alpha value is -0.830. The lowest BCUT2D eigenvalue weighted by molar-refractivity contribution is -0.131. The van der Waals surface area contributed by atoms with Gasteiger partial charge in [0.25, 0.3) is 0 Å². The molecule has 1 aliphatic heterocycles. The van der Waals surface area contributed by atoms with Crippen LogP contribution in [-0.2, 0) is 9.53 Å². The lowest BCUT2D eigenvalue weighted by Crippen LogP contribution is -1.92. The third-order valence-electron chi connectivity index (χ3n) is 4.71. The average molecular weight is 325 g/mol. The highest BCUT2D eigenvalue weighted by molar-refractivity contribution is 5.79. The van der Waals surface area contributed by atoms with Crippen molar-refractivity contribution in [1.82, 2.24) is 0 Å². The van der Waals surface area contributed by atoms with Crippen LogP contribution in [-0.4, -0.2) is 23.3 Å². The van der Waals surface area contributed by atoms with Gasteiger partial charge in [0.05, 0.1) is 12.2 Å². The summed E-state index contributed by atoms with van der Waals surface area (Å²) in [6.07, 6.45) is 22.2. The summed E-state index contributed by atoms with van der Waals surface area (Å²) < 4.78 is 5.56. The first-order valence-corrected chi connectivity index (χ1v) is 9.79. The van der Waals surface area contributed by atoms with Crippen LogP contribution in [0.15, 0.2) is 12.2 Å². The van der Waals surface area contributed by atoms with E-state index in [9.17, 15) is 4.79 Å². The third-order valence-corrected chi connectivity index (χ3v) is 4.71. The number of hydrogen-bond acceptors (Lipinski definition) is 2. The molecule has 0 saturated carbocycles. The van der Waals surface area contributed by atoms with E-state index in [4.69, 9.17) is 9.84 Å². The van der Waals surface area contributed by atoms with Gasteiger partial charge in [0.15, 0.2) is 0 Å². The highest BCUT2D eigenvalue weighted by atomic mass is 16.6. The lowest BCUT2D eigenvalue weighted by atomic mass is 10.0. The molecule has 0 aromatic heterocycles. The summed E-state index contributed by atoms with van der Waals surface area (Å²) in [6, 6.07) is 0. The monoisotopic (exact) mass is 324 g/mol. The van der Waals surface area contributed by atoms with E-state index in [2.05, 4.69) is 6.92 Å². The molecule has 2 atom stereocenters. The second kappa shape index (κ2) is 13.6. The number of aliphatic carboxylic acids is 1. The van der Waals surface area contributed by atoms with Gasteiger partial charge in [-0.25, -0.2) is 4.79 Å². The third kappa shape index (κ3) is 12.3. The Kier molecular flexibility index (Phi) is 11.9. The van der Waals surface area contributed by atoms with Crippen LogP contribution in [0.5, 0.6) is 0 Å². The van der Waals surface area contributed by atoms with Crippen molar-refractivity contribution in [3.63, 3.8) is 0 Å². The Morgan fingerprint density at radius 1 is 0.870 bits per heavy atom. The molecular formula is C20H36O3. The van der Waals surface area contributed by atoms with Gasteiger partial charge in [0.2, 0.25) is 0 Å². The average Bonchev–Trinajstić information content (AvgIpc) is 3.29. The van der Waals surface area contributed by atoms with Crippen molar-refractivity contribution in [2.75, 3.05) is 0 Å². The number of unbranched alkanes of at least 4 members (excludes halogenated alkanes) is 11. The Balaban J connectivity index is 1.68. The van der Waals surface area contributed by atoms with Crippen LogP contribution in [0.1, 0.15) is 96.8 Å². The van der Waals surface area contributed by atoms with Gasteiger partial charge in [-0.3, -0.25) is 0 Å². The molecule has 23 heavy (non-hydrogen) atoms. The summed E-state index contributed by atoms with van der Waals surface area (Å²) in [5.74, 6) is -0.837. The van der Waals surface area contributed by atoms with E-state index in [0.717, 1.165) is 12.8 Å². The summed E-state index contributed by atoms with van der Waals surface area (Å²) >= 11 is 0. The fourth-order valence-corrected chi connectivity index (χ4v) is 3.18. The fourth-order valence-electron chi connectivity index (χ4n) is 3.18. The number of hydrogen-bond donors (Lipinski definition) is 1. The highest BCUT2D eigenvalue weighted by Gasteiger charge is 2.35. The Morgan fingerprint density at radius 3 is 1.87 bits per heavy atom. The van der Waals surface area contributed by atoms with Crippen LogP contribution in [0.4, 0.5) is 0 Å². The van der Waals surface area contributed by atoms with Gasteiger partial charge < -0.3 is 9.84 Å². The van der Waals surface area contributed by atoms with E-state index in [1.54, 1.807) is 6.08 Å². The minimum atomic E-state index is -0.837. The van der Waals surface area contributed by atoms with Crippen molar-refractivity contribution < 1.29 is 14.6 Å². The summed E-state index contributed by atoms with van der Waals surface area (Å²) in [7, 11) is 0. The van der Waals surface area contributed by atoms with Gasteiger partial charge in [-0.1, -0.05) is 77.2 Å². The number of allylic oxidation sites excluding steroid dienone is 1. The quantitative estimate of drug-likeness (QED) is 0.219. The van der Waals surface area contributed by atoms with E-state index >= 15 is 0 Å². The van der Waals surface area contributed by atoms with Gasteiger partial charge in [0, 0.05) is 6.08 Å². The van der Waals surface area contributed by atoms with E-state index in [1.807, 2.05) is 0 Å². The van der Waals surface area contributed by atoms with Crippen LogP contribution in [0.25, 0.3) is 0 Å². The number of carbonyl (C=O) groups is 1. The zero-order valence-corrected chi connectivity index (χ0v) is 15.0. The predicted octanol–water partition coefficient (Wildman–Crippen LogP) is 5.88. The molecule has 3 nitrogen and oxygen atoms in total. The van der Waals surface area contributed by atoms with Crippen molar-refractivity contribution in [3.8, 4) is 0 Å². The van der Waals surface area contributed by atoms with E-state index in [-0.39, 0.29) is 0 Å². The molecule has 0 spiro atoms. The number of epoxide rings is 1. The smallest absolute Gasteiger partial charge is 0.327 e. The molecule has 1 aliphatic rings. The molecule has 1 N–H and O–H groups in total. The molecule has 1 rings (SSSR count). The minimum absolute atomic E-state index is 0.586. The molecule has 1 unspecified atom stereocenters. The zero-order valence-electron chi connectivity index (χ0n) is 15.0. The fraction of sp³-hybridized carbons (Fsp3) is 0.850. The predicted molar refractivity (Wildman–Crippen MR) is 95.7 cm³/mol. The number of carboxylic acid groups (broad SMARTS) is 1. The first kappa shape index (κ1) is 20.2. The molecule has 3 heteroatoms. The first-order valence-electron chi connectivity index (χ1n) is 9.79. The Morgan fingerprint density at radius 2 is 1.39 bits per heavy atom. The number of carboxylic acids is 1. The van der Waals surface area contributed by atoms with Gasteiger partial charge >= 0.3 is 5.97 Å².